The third kappa shape index (κ3) is 3.06. The molecule has 1 aliphatic heterocycles. The summed E-state index contributed by atoms with van der Waals surface area (Å²) < 4.78 is 0. The highest BCUT2D eigenvalue weighted by Gasteiger charge is 2.27. The van der Waals surface area contributed by atoms with Crippen molar-refractivity contribution in [2.75, 3.05) is 16.8 Å². The number of anilines is 2. The minimum absolute atomic E-state index is 0.429. The number of hydrogen-bond donors (Lipinski definition) is 1. The van der Waals surface area contributed by atoms with Crippen LogP contribution < -0.4 is 10.2 Å². The Bertz CT molecular complexity index is 808. The summed E-state index contributed by atoms with van der Waals surface area (Å²) in [4.78, 5) is 26.2. The number of aryl methyl sites for hydroxylation is 1. The van der Waals surface area contributed by atoms with E-state index in [0.29, 0.717) is 17.8 Å². The molecular formula is C18H15N3O2. The summed E-state index contributed by atoms with van der Waals surface area (Å²) in [5.41, 5.74) is 2.74. The van der Waals surface area contributed by atoms with Crippen molar-refractivity contribution in [3.8, 4) is 6.07 Å². The highest BCUT2D eigenvalue weighted by Crippen LogP contribution is 2.26. The second kappa shape index (κ2) is 6.32. The molecule has 2 amide bonds. The van der Waals surface area contributed by atoms with Crippen LogP contribution in [0.5, 0.6) is 0 Å². The number of nitriles is 1. The molecule has 0 radical (unpaired) electrons. The van der Waals surface area contributed by atoms with E-state index in [9.17, 15) is 9.59 Å². The van der Waals surface area contributed by atoms with Crippen molar-refractivity contribution in [2.24, 2.45) is 0 Å². The fraction of sp³-hybridized carbons (Fsp3) is 0.167. The summed E-state index contributed by atoms with van der Waals surface area (Å²) in [6, 6.07) is 16.1. The lowest BCUT2D eigenvalue weighted by Gasteiger charge is -2.28. The van der Waals surface area contributed by atoms with Crippen LogP contribution in [-0.4, -0.2) is 18.4 Å². The molecule has 2 aromatic rings. The fourth-order valence-corrected chi connectivity index (χ4v) is 2.72. The van der Waals surface area contributed by atoms with Crippen molar-refractivity contribution in [2.45, 2.75) is 12.8 Å². The predicted octanol–water partition coefficient (Wildman–Crippen LogP) is 2.48. The van der Waals surface area contributed by atoms with Crippen LogP contribution in [0.2, 0.25) is 0 Å². The highest BCUT2D eigenvalue weighted by atomic mass is 16.2. The molecule has 5 nitrogen and oxygen atoms in total. The zero-order valence-electron chi connectivity index (χ0n) is 12.5. The number of nitrogens with zero attached hydrogens (tertiary/aromatic N) is 2. The molecule has 1 N–H and O–H groups in total. The van der Waals surface area contributed by atoms with Crippen LogP contribution >= 0.6 is 0 Å². The maximum atomic E-state index is 12.5. The van der Waals surface area contributed by atoms with Gasteiger partial charge in [-0.1, -0.05) is 24.3 Å². The Hall–Kier alpha value is -3.13. The zero-order valence-corrected chi connectivity index (χ0v) is 12.5. The third-order valence-corrected chi connectivity index (χ3v) is 3.80. The van der Waals surface area contributed by atoms with Gasteiger partial charge in [0, 0.05) is 17.9 Å². The lowest BCUT2D eigenvalue weighted by Crippen LogP contribution is -2.42. The molecule has 0 saturated carbocycles. The third-order valence-electron chi connectivity index (χ3n) is 3.80. The van der Waals surface area contributed by atoms with E-state index in [1.54, 1.807) is 18.2 Å². The van der Waals surface area contributed by atoms with Gasteiger partial charge in [0.15, 0.2) is 0 Å². The van der Waals surface area contributed by atoms with Crippen LogP contribution in [-0.2, 0) is 16.0 Å². The fourth-order valence-electron chi connectivity index (χ4n) is 2.72. The maximum absolute atomic E-state index is 12.5. The largest absolute Gasteiger partial charge is 0.318 e. The lowest BCUT2D eigenvalue weighted by molar-refractivity contribution is -0.134. The Morgan fingerprint density at radius 2 is 1.96 bits per heavy atom. The van der Waals surface area contributed by atoms with Crippen LogP contribution in [0.3, 0.4) is 0 Å². The predicted molar refractivity (Wildman–Crippen MR) is 86.9 cm³/mol. The van der Waals surface area contributed by atoms with Gasteiger partial charge in [-0.25, -0.2) is 0 Å². The molecule has 0 aromatic heterocycles. The van der Waals surface area contributed by atoms with Gasteiger partial charge in [0.25, 0.3) is 0 Å². The molecule has 0 unspecified atom stereocenters. The quantitative estimate of drug-likeness (QED) is 0.823. The van der Waals surface area contributed by atoms with Crippen molar-refractivity contribution in [1.29, 1.82) is 5.26 Å². The van der Waals surface area contributed by atoms with Gasteiger partial charge in [-0.05, 0) is 42.7 Å². The minimum atomic E-state index is -0.697. The summed E-state index contributed by atoms with van der Waals surface area (Å²) in [7, 11) is 0. The van der Waals surface area contributed by atoms with E-state index in [0.717, 1.165) is 24.1 Å². The molecule has 1 heterocycles. The highest BCUT2D eigenvalue weighted by molar-refractivity contribution is 6.44. The molecule has 0 fully saturated rings. The molecule has 2 aromatic carbocycles. The maximum Gasteiger partial charge on any atom is 0.316 e. The van der Waals surface area contributed by atoms with Crippen LogP contribution in [0.25, 0.3) is 0 Å². The van der Waals surface area contributed by atoms with Crippen molar-refractivity contribution in [1.82, 2.24) is 0 Å². The summed E-state index contributed by atoms with van der Waals surface area (Å²) in [6.45, 7) is 0.529. The number of amides is 2. The molecule has 0 bridgehead atoms. The number of hydrogen-bond acceptors (Lipinski definition) is 3. The van der Waals surface area contributed by atoms with E-state index in [1.807, 2.05) is 30.3 Å². The van der Waals surface area contributed by atoms with Crippen molar-refractivity contribution >= 4 is 23.2 Å². The summed E-state index contributed by atoms with van der Waals surface area (Å²) in [6.07, 6.45) is 1.74. The van der Waals surface area contributed by atoms with Gasteiger partial charge in [0.1, 0.15) is 0 Å². The van der Waals surface area contributed by atoms with Gasteiger partial charge >= 0.3 is 11.8 Å². The van der Waals surface area contributed by atoms with Crippen molar-refractivity contribution in [3.63, 3.8) is 0 Å². The van der Waals surface area contributed by atoms with Gasteiger partial charge < -0.3 is 10.2 Å². The molecule has 1 aliphatic rings. The first kappa shape index (κ1) is 14.8. The minimum Gasteiger partial charge on any atom is -0.318 e. The molecule has 3 rings (SSSR count). The lowest BCUT2D eigenvalue weighted by atomic mass is 10.0. The molecule has 5 heteroatoms. The van der Waals surface area contributed by atoms with Gasteiger partial charge in [-0.3, -0.25) is 9.59 Å². The van der Waals surface area contributed by atoms with E-state index in [-0.39, 0.29) is 0 Å². The zero-order chi connectivity index (χ0) is 16.2. The average molecular weight is 305 g/mol. The van der Waals surface area contributed by atoms with E-state index in [1.165, 1.54) is 11.0 Å². The Kier molecular flexibility index (Phi) is 4.07. The second-order valence-corrected chi connectivity index (χ2v) is 5.34. The number of carbonyl (C=O) groups is 2. The smallest absolute Gasteiger partial charge is 0.316 e. The topological polar surface area (TPSA) is 73.2 Å². The van der Waals surface area contributed by atoms with Crippen molar-refractivity contribution in [3.05, 3.63) is 59.7 Å². The number of para-hydroxylation sites is 1. The van der Waals surface area contributed by atoms with Crippen molar-refractivity contribution < 1.29 is 9.59 Å². The number of benzene rings is 2. The van der Waals surface area contributed by atoms with E-state index in [4.69, 9.17) is 5.26 Å². The Morgan fingerprint density at radius 3 is 2.78 bits per heavy atom. The first-order valence-electron chi connectivity index (χ1n) is 7.40. The van der Waals surface area contributed by atoms with Crippen LogP contribution in [0.4, 0.5) is 11.4 Å². The van der Waals surface area contributed by atoms with Crippen LogP contribution in [0, 0.1) is 11.3 Å². The average Bonchev–Trinajstić information content (AvgIpc) is 2.60. The number of rotatable bonds is 1. The SMILES string of the molecule is N#Cc1cccc(NC(=O)C(=O)N2CCCc3ccccc32)c1. The van der Waals surface area contributed by atoms with Gasteiger partial charge in [-0.2, -0.15) is 5.26 Å². The standard InChI is InChI=1S/C18H15N3O2/c19-12-13-5-3-8-15(11-13)20-17(22)18(23)21-10-4-7-14-6-1-2-9-16(14)21/h1-3,5-6,8-9,11H,4,7,10H2,(H,20,22). The molecule has 23 heavy (non-hydrogen) atoms. The molecule has 0 atom stereocenters. The van der Waals surface area contributed by atoms with E-state index >= 15 is 0 Å². The number of nitrogens with one attached hydrogen (secondary N) is 1. The van der Waals surface area contributed by atoms with E-state index in [2.05, 4.69) is 5.32 Å². The molecule has 0 spiro atoms. The van der Waals surface area contributed by atoms with Crippen LogP contribution in [0.1, 0.15) is 17.5 Å². The monoisotopic (exact) mass is 305 g/mol. The first-order valence-corrected chi connectivity index (χ1v) is 7.40. The second-order valence-electron chi connectivity index (χ2n) is 5.34. The number of fused-ring (bicyclic) bond motifs is 1. The van der Waals surface area contributed by atoms with Gasteiger partial charge in [0.05, 0.1) is 11.6 Å². The van der Waals surface area contributed by atoms with Crippen LogP contribution in [0.15, 0.2) is 48.5 Å². The van der Waals surface area contributed by atoms with E-state index < -0.39 is 11.8 Å². The van der Waals surface area contributed by atoms with Gasteiger partial charge in [-0.15, -0.1) is 0 Å². The molecule has 114 valence electrons. The van der Waals surface area contributed by atoms with Gasteiger partial charge in [0.2, 0.25) is 0 Å². The molecule has 0 aliphatic carbocycles. The summed E-state index contributed by atoms with van der Waals surface area (Å²) in [5, 5.41) is 11.4. The first-order chi connectivity index (χ1) is 11.2. The number of carbonyl (C=O) groups excluding carboxylic acids is 2. The summed E-state index contributed by atoms with van der Waals surface area (Å²) in [5.74, 6) is -1.28. The Labute approximate surface area is 134 Å². The summed E-state index contributed by atoms with van der Waals surface area (Å²) >= 11 is 0. The normalized spacial score (nSPS) is 12.9. The molecular weight excluding hydrogens is 290 g/mol. The Morgan fingerprint density at radius 1 is 1.13 bits per heavy atom. The molecule has 0 saturated heterocycles. The Balaban J connectivity index is 1.78.